The molecule has 1 aliphatic carbocycles. The van der Waals surface area contributed by atoms with Gasteiger partial charge in [-0.1, -0.05) is 31.0 Å². The van der Waals surface area contributed by atoms with Gasteiger partial charge in [0.15, 0.2) is 0 Å². The largest absolute Gasteiger partial charge is 0.480 e. The minimum Gasteiger partial charge on any atom is -0.480 e. The number of carboxylic acids is 1. The van der Waals surface area contributed by atoms with E-state index < -0.39 is 11.5 Å². The van der Waals surface area contributed by atoms with Crippen LogP contribution in [0.3, 0.4) is 0 Å². The molecule has 102 valence electrons. The molecule has 0 heterocycles. The summed E-state index contributed by atoms with van der Waals surface area (Å²) in [5, 5.41) is 8.99. The normalized spacial score (nSPS) is 17.1. The molecule has 0 aromatic heterocycles. The molecule has 0 saturated heterocycles. The molecule has 5 nitrogen and oxygen atoms in total. The van der Waals surface area contributed by atoms with Gasteiger partial charge in [0.2, 0.25) is 5.91 Å². The van der Waals surface area contributed by atoms with Crippen molar-refractivity contribution < 1.29 is 14.7 Å². The Morgan fingerprint density at radius 3 is 2.32 bits per heavy atom. The van der Waals surface area contributed by atoms with E-state index in [0.717, 1.165) is 12.8 Å². The molecule has 0 radical (unpaired) electrons. The molecule has 0 spiro atoms. The number of rotatable bonds is 4. The van der Waals surface area contributed by atoms with Crippen LogP contribution in [0.15, 0.2) is 30.3 Å². The summed E-state index contributed by atoms with van der Waals surface area (Å²) < 4.78 is 0. The number of aliphatic carboxylic acids is 1. The molecule has 0 atom stereocenters. The Morgan fingerprint density at radius 2 is 1.79 bits per heavy atom. The van der Waals surface area contributed by atoms with E-state index in [2.05, 4.69) is 0 Å². The number of benzene rings is 1. The number of carbonyl (C=O) groups is 2. The third-order valence-electron chi connectivity index (χ3n) is 3.53. The van der Waals surface area contributed by atoms with Gasteiger partial charge >= 0.3 is 5.97 Å². The van der Waals surface area contributed by atoms with E-state index in [0.29, 0.717) is 18.5 Å². The van der Waals surface area contributed by atoms with Crippen molar-refractivity contribution in [3.63, 3.8) is 0 Å². The Balaban J connectivity index is 2.27. The molecule has 19 heavy (non-hydrogen) atoms. The first-order chi connectivity index (χ1) is 9.03. The lowest BCUT2D eigenvalue weighted by Crippen LogP contribution is -2.55. The van der Waals surface area contributed by atoms with E-state index in [1.54, 1.807) is 24.3 Å². The number of hydrogen-bond donors (Lipinski definition) is 2. The van der Waals surface area contributed by atoms with Crippen LogP contribution in [-0.4, -0.2) is 29.1 Å². The van der Waals surface area contributed by atoms with E-state index in [1.807, 2.05) is 6.07 Å². The Labute approximate surface area is 112 Å². The van der Waals surface area contributed by atoms with Crippen LogP contribution in [0.5, 0.6) is 0 Å². The lowest BCUT2D eigenvalue weighted by molar-refractivity contribution is -0.137. The summed E-state index contributed by atoms with van der Waals surface area (Å²) in [5.41, 5.74) is 5.80. The molecule has 1 aliphatic rings. The van der Waals surface area contributed by atoms with Gasteiger partial charge in [0.05, 0.1) is 5.54 Å². The molecule has 1 aromatic carbocycles. The van der Waals surface area contributed by atoms with Crippen molar-refractivity contribution in [1.82, 2.24) is 0 Å². The highest BCUT2D eigenvalue weighted by Crippen LogP contribution is 2.30. The van der Waals surface area contributed by atoms with Crippen molar-refractivity contribution in [2.75, 3.05) is 11.4 Å². The number of para-hydroxylation sites is 1. The van der Waals surface area contributed by atoms with Gasteiger partial charge < -0.3 is 10.8 Å². The third kappa shape index (κ3) is 2.93. The molecule has 1 saturated carbocycles. The van der Waals surface area contributed by atoms with Gasteiger partial charge in [0.25, 0.3) is 0 Å². The highest BCUT2D eigenvalue weighted by atomic mass is 16.4. The average molecular weight is 262 g/mol. The summed E-state index contributed by atoms with van der Waals surface area (Å²) in [6.07, 6.45) is 3.07. The quantitative estimate of drug-likeness (QED) is 0.858. The zero-order valence-corrected chi connectivity index (χ0v) is 10.7. The number of nitrogens with zero attached hydrogens (tertiary/aromatic N) is 1. The van der Waals surface area contributed by atoms with Crippen LogP contribution in [0, 0.1) is 0 Å². The van der Waals surface area contributed by atoms with Gasteiger partial charge in [0.1, 0.15) is 6.54 Å². The van der Waals surface area contributed by atoms with Gasteiger partial charge in [-0.2, -0.15) is 0 Å². The van der Waals surface area contributed by atoms with Crippen molar-refractivity contribution in [1.29, 1.82) is 0 Å². The lowest BCUT2D eigenvalue weighted by Gasteiger charge is -2.30. The van der Waals surface area contributed by atoms with Crippen molar-refractivity contribution in [2.45, 2.75) is 31.2 Å². The van der Waals surface area contributed by atoms with Gasteiger partial charge in [-0.3, -0.25) is 14.5 Å². The summed E-state index contributed by atoms with van der Waals surface area (Å²) in [6.45, 7) is -0.359. The molecule has 0 unspecified atom stereocenters. The number of amides is 1. The SMILES string of the molecule is NC1(C(=O)N(CC(=O)O)c2ccccc2)CCCC1. The standard InChI is InChI=1S/C14H18N2O3/c15-14(8-4-5-9-14)13(19)16(10-12(17)18)11-6-2-1-3-7-11/h1-3,6-7H,4-5,8-10,15H2,(H,17,18). The summed E-state index contributed by atoms with van der Waals surface area (Å²) >= 11 is 0. The monoisotopic (exact) mass is 262 g/mol. The van der Waals surface area contributed by atoms with Crippen molar-refractivity contribution >= 4 is 17.6 Å². The molecule has 1 aromatic rings. The molecule has 0 bridgehead atoms. The molecular formula is C14H18N2O3. The zero-order chi connectivity index (χ0) is 13.9. The molecule has 1 amide bonds. The fraction of sp³-hybridized carbons (Fsp3) is 0.429. The van der Waals surface area contributed by atoms with Crippen molar-refractivity contribution in [3.05, 3.63) is 30.3 Å². The van der Waals surface area contributed by atoms with Gasteiger partial charge in [-0.25, -0.2) is 0 Å². The molecule has 0 aliphatic heterocycles. The number of carboxylic acid groups (broad SMARTS) is 1. The maximum absolute atomic E-state index is 12.5. The third-order valence-corrected chi connectivity index (χ3v) is 3.53. The van der Waals surface area contributed by atoms with Gasteiger partial charge in [0, 0.05) is 5.69 Å². The van der Waals surface area contributed by atoms with Crippen LogP contribution in [0.2, 0.25) is 0 Å². The Kier molecular flexibility index (Phi) is 3.85. The average Bonchev–Trinajstić information content (AvgIpc) is 2.84. The van der Waals surface area contributed by atoms with Crippen LogP contribution in [0.4, 0.5) is 5.69 Å². The number of carbonyl (C=O) groups excluding carboxylic acids is 1. The molecule has 3 N–H and O–H groups in total. The second kappa shape index (κ2) is 5.40. The maximum Gasteiger partial charge on any atom is 0.323 e. The topological polar surface area (TPSA) is 83.6 Å². The van der Waals surface area contributed by atoms with E-state index in [1.165, 1.54) is 4.90 Å². The van der Waals surface area contributed by atoms with Crippen LogP contribution in [0.25, 0.3) is 0 Å². The zero-order valence-electron chi connectivity index (χ0n) is 10.7. The summed E-state index contributed by atoms with van der Waals surface area (Å²) in [4.78, 5) is 24.8. The predicted molar refractivity (Wildman–Crippen MR) is 71.8 cm³/mol. The fourth-order valence-corrected chi connectivity index (χ4v) is 2.51. The van der Waals surface area contributed by atoms with Gasteiger partial charge in [-0.05, 0) is 25.0 Å². The smallest absolute Gasteiger partial charge is 0.323 e. The van der Waals surface area contributed by atoms with E-state index in [4.69, 9.17) is 10.8 Å². The van der Waals surface area contributed by atoms with Crippen LogP contribution >= 0.6 is 0 Å². The lowest BCUT2D eigenvalue weighted by atomic mass is 9.96. The fourth-order valence-electron chi connectivity index (χ4n) is 2.51. The summed E-state index contributed by atoms with van der Waals surface area (Å²) in [5.74, 6) is -1.34. The Hall–Kier alpha value is -1.88. The minimum atomic E-state index is -1.04. The molecule has 2 rings (SSSR count). The maximum atomic E-state index is 12.5. The van der Waals surface area contributed by atoms with E-state index >= 15 is 0 Å². The van der Waals surface area contributed by atoms with Crippen LogP contribution < -0.4 is 10.6 Å². The first-order valence-electron chi connectivity index (χ1n) is 6.41. The van der Waals surface area contributed by atoms with E-state index in [-0.39, 0.29) is 12.5 Å². The molecular weight excluding hydrogens is 244 g/mol. The molecule has 5 heteroatoms. The first-order valence-corrected chi connectivity index (χ1v) is 6.41. The van der Waals surface area contributed by atoms with Crippen molar-refractivity contribution in [2.24, 2.45) is 5.73 Å². The Bertz CT molecular complexity index is 467. The van der Waals surface area contributed by atoms with Crippen LogP contribution in [0.1, 0.15) is 25.7 Å². The van der Waals surface area contributed by atoms with Crippen LogP contribution in [-0.2, 0) is 9.59 Å². The highest BCUT2D eigenvalue weighted by Gasteiger charge is 2.40. The summed E-state index contributed by atoms with van der Waals surface area (Å²) in [7, 11) is 0. The van der Waals surface area contributed by atoms with Crippen molar-refractivity contribution in [3.8, 4) is 0 Å². The number of hydrogen-bond acceptors (Lipinski definition) is 3. The highest BCUT2D eigenvalue weighted by molar-refractivity contribution is 6.03. The number of anilines is 1. The predicted octanol–water partition coefficient (Wildman–Crippen LogP) is 1.38. The minimum absolute atomic E-state index is 0.293. The summed E-state index contributed by atoms with van der Waals surface area (Å²) in [6, 6.07) is 8.81. The van der Waals surface area contributed by atoms with E-state index in [9.17, 15) is 9.59 Å². The first kappa shape index (κ1) is 13.5. The molecule has 1 fully saturated rings. The number of nitrogens with two attached hydrogens (primary N) is 1. The van der Waals surface area contributed by atoms with Gasteiger partial charge in [-0.15, -0.1) is 0 Å². The Morgan fingerprint density at radius 1 is 1.21 bits per heavy atom. The second-order valence-electron chi connectivity index (χ2n) is 4.98. The second-order valence-corrected chi connectivity index (χ2v) is 4.98.